The fraction of sp³-hybridized carbons (Fsp3) is 0.600. The number of aryl methyl sites for hydroxylation is 2. The Kier molecular flexibility index (Phi) is 4.25. The van der Waals surface area contributed by atoms with Crippen LogP contribution < -0.4 is 4.90 Å². The minimum absolute atomic E-state index is 0.0902. The van der Waals surface area contributed by atoms with Crippen molar-refractivity contribution < 1.29 is 14.5 Å². The van der Waals surface area contributed by atoms with Gasteiger partial charge in [-0.2, -0.15) is 5.10 Å². The second kappa shape index (κ2) is 6.33. The number of fused-ring (bicyclic) bond motifs is 1. The lowest BCUT2D eigenvalue weighted by molar-refractivity contribution is -0.383. The van der Waals surface area contributed by atoms with E-state index in [-0.39, 0.29) is 22.1 Å². The zero-order valence-electron chi connectivity index (χ0n) is 17.6. The van der Waals surface area contributed by atoms with Gasteiger partial charge in [0, 0.05) is 43.0 Å². The van der Waals surface area contributed by atoms with Crippen molar-refractivity contribution in [2.45, 2.75) is 46.6 Å². The Hall–Kier alpha value is -2.84. The third-order valence-corrected chi connectivity index (χ3v) is 5.58. The molecule has 4 heterocycles. The number of hydrogen-bond donors (Lipinski definition) is 0. The van der Waals surface area contributed by atoms with Gasteiger partial charge in [-0.1, -0.05) is 6.92 Å². The summed E-state index contributed by atoms with van der Waals surface area (Å²) in [5.74, 6) is 0. The van der Waals surface area contributed by atoms with Crippen LogP contribution in [-0.2, 0) is 11.2 Å². The summed E-state index contributed by atoms with van der Waals surface area (Å²) < 4.78 is 7.08. The molecule has 1 spiro atoms. The van der Waals surface area contributed by atoms with E-state index in [9.17, 15) is 14.9 Å². The van der Waals surface area contributed by atoms with Crippen LogP contribution in [0.1, 0.15) is 39.1 Å². The predicted octanol–water partition coefficient (Wildman–Crippen LogP) is 3.17. The number of carbonyl (C=O) groups is 1. The van der Waals surface area contributed by atoms with Gasteiger partial charge in [-0.3, -0.25) is 10.1 Å². The van der Waals surface area contributed by atoms with Gasteiger partial charge in [0.15, 0.2) is 0 Å². The lowest BCUT2D eigenvalue weighted by atomic mass is 9.73. The number of nitro groups is 1. The smallest absolute Gasteiger partial charge is 0.410 e. The van der Waals surface area contributed by atoms with Crippen LogP contribution in [0.5, 0.6) is 0 Å². The molecule has 0 atom stereocenters. The van der Waals surface area contributed by atoms with Gasteiger partial charge in [0.1, 0.15) is 16.8 Å². The molecule has 0 bridgehead atoms. The molecule has 29 heavy (non-hydrogen) atoms. The highest BCUT2D eigenvalue weighted by Gasteiger charge is 2.54. The molecule has 2 aliphatic heterocycles. The molecule has 156 valence electrons. The highest BCUT2D eigenvalue weighted by molar-refractivity contribution is 5.74. The Morgan fingerprint density at radius 1 is 1.28 bits per heavy atom. The minimum atomic E-state index is -0.490. The fourth-order valence-electron chi connectivity index (χ4n) is 4.31. The van der Waals surface area contributed by atoms with E-state index in [0.29, 0.717) is 30.7 Å². The number of likely N-dealkylation sites (tertiary alicyclic amines) is 1. The summed E-state index contributed by atoms with van der Waals surface area (Å²) in [5, 5.41) is 16.0. The van der Waals surface area contributed by atoms with Crippen LogP contribution >= 0.6 is 0 Å². The summed E-state index contributed by atoms with van der Waals surface area (Å²) in [4.78, 5) is 27.4. The number of rotatable bonds is 3. The summed E-state index contributed by atoms with van der Waals surface area (Å²) in [6.45, 7) is 12.4. The van der Waals surface area contributed by atoms with Crippen LogP contribution in [0.2, 0.25) is 0 Å². The normalized spacial score (nSPS) is 18.0. The van der Waals surface area contributed by atoms with Crippen molar-refractivity contribution in [1.29, 1.82) is 0 Å². The topological polar surface area (TPSA) is 93.2 Å². The number of aromatic nitrogens is 2. The Morgan fingerprint density at radius 2 is 1.93 bits per heavy atom. The highest BCUT2D eigenvalue weighted by atomic mass is 16.6. The van der Waals surface area contributed by atoms with Crippen molar-refractivity contribution in [3.8, 4) is 0 Å². The van der Waals surface area contributed by atoms with Gasteiger partial charge >= 0.3 is 11.8 Å². The number of ether oxygens (including phenoxy) is 1. The molecule has 9 heteroatoms. The zero-order chi connectivity index (χ0) is 21.1. The quantitative estimate of drug-likeness (QED) is 0.579. The summed E-state index contributed by atoms with van der Waals surface area (Å²) in [7, 11) is 0. The molecule has 2 fully saturated rings. The molecule has 2 saturated heterocycles. The average Bonchev–Trinajstić information content (AvgIpc) is 2.89. The van der Waals surface area contributed by atoms with Crippen LogP contribution in [0, 0.1) is 22.5 Å². The van der Waals surface area contributed by atoms with Crippen molar-refractivity contribution >= 4 is 23.0 Å². The molecule has 4 rings (SSSR count). The first-order valence-electron chi connectivity index (χ1n) is 9.91. The molecule has 0 aliphatic carbocycles. The van der Waals surface area contributed by atoms with Gasteiger partial charge in [0.05, 0.1) is 4.92 Å². The Labute approximate surface area is 169 Å². The summed E-state index contributed by atoms with van der Waals surface area (Å²) in [6, 6.07) is 3.87. The lowest BCUT2D eigenvalue weighted by Gasteiger charge is -2.60. The first-order valence-corrected chi connectivity index (χ1v) is 9.91. The molecule has 0 N–H and O–H groups in total. The number of nitrogens with zero attached hydrogens (tertiary/aromatic N) is 5. The number of pyridine rings is 1. The van der Waals surface area contributed by atoms with E-state index in [1.54, 1.807) is 9.42 Å². The first kappa shape index (κ1) is 19.5. The SMILES string of the molecule is CCc1nn2c(C)cc(N3CC4(CN(C(=O)OC(C)(C)C)C4)C3)cc2c1[N+](=O)[O-]. The van der Waals surface area contributed by atoms with E-state index in [1.807, 2.05) is 46.8 Å². The molecule has 0 unspecified atom stereocenters. The van der Waals surface area contributed by atoms with Crippen molar-refractivity contribution in [3.05, 3.63) is 33.6 Å². The Bertz CT molecular complexity index is 992. The molecule has 2 aromatic rings. The number of amides is 1. The van der Waals surface area contributed by atoms with Crippen LogP contribution in [0.25, 0.3) is 5.52 Å². The Balaban J connectivity index is 1.49. The fourth-order valence-corrected chi connectivity index (χ4v) is 4.31. The third kappa shape index (κ3) is 3.28. The third-order valence-electron chi connectivity index (χ3n) is 5.58. The molecule has 0 aromatic carbocycles. The maximum absolute atomic E-state index is 12.2. The molecule has 2 aromatic heterocycles. The average molecular weight is 401 g/mol. The maximum atomic E-state index is 12.2. The van der Waals surface area contributed by atoms with E-state index in [0.717, 1.165) is 24.5 Å². The molecule has 2 aliphatic rings. The minimum Gasteiger partial charge on any atom is -0.444 e. The van der Waals surface area contributed by atoms with E-state index < -0.39 is 5.60 Å². The summed E-state index contributed by atoms with van der Waals surface area (Å²) >= 11 is 0. The number of carbonyl (C=O) groups excluding carboxylic acids is 1. The van der Waals surface area contributed by atoms with Crippen molar-refractivity contribution in [2.24, 2.45) is 5.41 Å². The van der Waals surface area contributed by atoms with E-state index in [2.05, 4.69) is 10.00 Å². The van der Waals surface area contributed by atoms with Gasteiger partial charge in [0.25, 0.3) is 0 Å². The van der Waals surface area contributed by atoms with Gasteiger partial charge in [0.2, 0.25) is 0 Å². The number of hydrogen-bond acceptors (Lipinski definition) is 6. The van der Waals surface area contributed by atoms with Gasteiger partial charge < -0.3 is 14.5 Å². The number of anilines is 1. The van der Waals surface area contributed by atoms with E-state index in [4.69, 9.17) is 4.74 Å². The lowest BCUT2D eigenvalue weighted by Crippen LogP contribution is -2.73. The van der Waals surface area contributed by atoms with Crippen LogP contribution in [0.3, 0.4) is 0 Å². The van der Waals surface area contributed by atoms with E-state index in [1.165, 1.54) is 0 Å². The standard InChI is InChI=1S/C20H27N5O4/c1-6-15-17(25(27)28)16-8-14(7-13(2)24(16)21-15)22-9-20(10-22)11-23(12-20)18(26)29-19(3,4)5/h7-8H,6,9-12H2,1-5H3. The highest BCUT2D eigenvalue weighted by Crippen LogP contribution is 2.43. The molecular weight excluding hydrogens is 374 g/mol. The van der Waals surface area contributed by atoms with Gasteiger partial charge in [-0.05, 0) is 46.2 Å². The van der Waals surface area contributed by atoms with Crippen molar-refractivity contribution in [1.82, 2.24) is 14.5 Å². The predicted molar refractivity (Wildman–Crippen MR) is 108 cm³/mol. The van der Waals surface area contributed by atoms with Gasteiger partial charge in [-0.25, -0.2) is 9.31 Å². The summed E-state index contributed by atoms with van der Waals surface area (Å²) in [6.07, 6.45) is 0.251. The van der Waals surface area contributed by atoms with Crippen molar-refractivity contribution in [2.75, 3.05) is 31.1 Å². The molecule has 0 radical (unpaired) electrons. The largest absolute Gasteiger partial charge is 0.444 e. The van der Waals surface area contributed by atoms with Crippen molar-refractivity contribution in [3.63, 3.8) is 0 Å². The Morgan fingerprint density at radius 3 is 2.48 bits per heavy atom. The zero-order valence-corrected chi connectivity index (χ0v) is 17.6. The van der Waals surface area contributed by atoms with Crippen LogP contribution in [-0.4, -0.2) is 57.3 Å². The molecular formula is C20H27N5O4. The van der Waals surface area contributed by atoms with Crippen LogP contribution in [0.15, 0.2) is 12.1 Å². The molecule has 9 nitrogen and oxygen atoms in total. The first-order chi connectivity index (χ1) is 13.5. The molecule has 1 amide bonds. The monoisotopic (exact) mass is 401 g/mol. The second-order valence-corrected chi connectivity index (χ2v) is 9.25. The van der Waals surface area contributed by atoms with E-state index >= 15 is 0 Å². The second-order valence-electron chi connectivity index (χ2n) is 9.25. The van der Waals surface area contributed by atoms with Gasteiger partial charge in [-0.15, -0.1) is 0 Å². The maximum Gasteiger partial charge on any atom is 0.410 e. The summed E-state index contributed by atoms with van der Waals surface area (Å²) in [5.41, 5.74) is 2.56. The van der Waals surface area contributed by atoms with Crippen LogP contribution in [0.4, 0.5) is 16.2 Å². The molecule has 0 saturated carbocycles.